The number of benzene rings is 2. The van der Waals surface area contributed by atoms with Crippen LogP contribution in [0, 0.1) is 13.8 Å². The van der Waals surface area contributed by atoms with Gasteiger partial charge < -0.3 is 20.1 Å². The van der Waals surface area contributed by atoms with Crippen molar-refractivity contribution in [3.05, 3.63) is 59.7 Å². The predicted molar refractivity (Wildman–Crippen MR) is 118 cm³/mol. The quantitative estimate of drug-likeness (QED) is 0.554. The summed E-state index contributed by atoms with van der Waals surface area (Å²) in [5.41, 5.74) is 2.15. The van der Waals surface area contributed by atoms with Gasteiger partial charge in [0.2, 0.25) is 0 Å². The Morgan fingerprint density at radius 1 is 0.767 bits per heavy atom. The van der Waals surface area contributed by atoms with E-state index in [-0.39, 0.29) is 11.8 Å². The van der Waals surface area contributed by atoms with E-state index in [2.05, 4.69) is 10.6 Å². The molecule has 0 saturated heterocycles. The molecule has 6 nitrogen and oxygen atoms in total. The summed E-state index contributed by atoms with van der Waals surface area (Å²) < 4.78 is 11.6. The van der Waals surface area contributed by atoms with Crippen LogP contribution >= 0.6 is 0 Å². The predicted octanol–water partition coefficient (Wildman–Crippen LogP) is 3.55. The summed E-state index contributed by atoms with van der Waals surface area (Å²) in [6.45, 7) is 8.39. The fourth-order valence-electron chi connectivity index (χ4n) is 2.95. The zero-order valence-electron chi connectivity index (χ0n) is 18.2. The van der Waals surface area contributed by atoms with E-state index in [0.717, 1.165) is 11.1 Å². The van der Waals surface area contributed by atoms with Crippen LogP contribution in [0.4, 0.5) is 0 Å². The van der Waals surface area contributed by atoms with Crippen molar-refractivity contribution in [2.45, 2.75) is 52.7 Å². The molecule has 0 radical (unpaired) electrons. The molecule has 0 heterocycles. The lowest BCUT2D eigenvalue weighted by Crippen LogP contribution is -2.44. The molecule has 0 aliphatic heterocycles. The van der Waals surface area contributed by atoms with E-state index in [4.69, 9.17) is 9.47 Å². The van der Waals surface area contributed by atoms with Gasteiger partial charge in [-0.1, -0.05) is 38.1 Å². The lowest BCUT2D eigenvalue weighted by Gasteiger charge is -2.19. The topological polar surface area (TPSA) is 76.7 Å². The molecule has 0 fully saturated rings. The molecule has 2 aromatic rings. The molecule has 0 aliphatic rings. The molecule has 0 aliphatic carbocycles. The molecule has 6 heteroatoms. The molecule has 2 atom stereocenters. The third-order valence-corrected chi connectivity index (χ3v) is 4.59. The average Bonchev–Trinajstić information content (AvgIpc) is 2.73. The summed E-state index contributed by atoms with van der Waals surface area (Å²) in [6, 6.07) is 15.2. The van der Waals surface area contributed by atoms with Crippen LogP contribution in [-0.2, 0) is 9.59 Å². The second kappa shape index (κ2) is 11.9. The first-order valence-electron chi connectivity index (χ1n) is 10.4. The Kier molecular flexibility index (Phi) is 9.19. The summed E-state index contributed by atoms with van der Waals surface area (Å²) in [4.78, 5) is 24.8. The van der Waals surface area contributed by atoms with Crippen molar-refractivity contribution in [1.29, 1.82) is 0 Å². The Balaban J connectivity index is 1.76. The van der Waals surface area contributed by atoms with Gasteiger partial charge in [0.05, 0.1) is 0 Å². The van der Waals surface area contributed by atoms with Gasteiger partial charge in [-0.3, -0.25) is 9.59 Å². The molecule has 2 aromatic carbocycles. The Bertz CT molecular complexity index is 768. The number of hydrogen-bond donors (Lipinski definition) is 2. The van der Waals surface area contributed by atoms with Crippen LogP contribution in [0.15, 0.2) is 48.5 Å². The van der Waals surface area contributed by atoms with Crippen LogP contribution in [0.3, 0.4) is 0 Å². The highest BCUT2D eigenvalue weighted by atomic mass is 16.5. The van der Waals surface area contributed by atoms with E-state index in [1.165, 1.54) is 0 Å². The minimum Gasteiger partial charge on any atom is -0.481 e. The number of aryl methyl sites for hydroxylation is 2. The summed E-state index contributed by atoms with van der Waals surface area (Å²) in [5.74, 6) is 0.946. The molecule has 2 unspecified atom stereocenters. The lowest BCUT2D eigenvalue weighted by atomic mass is 10.2. The number of rotatable bonds is 11. The SMILES string of the molecule is CCC(Oc1cccc(C)c1)C(=O)NCCNC(=O)C(CC)Oc1cccc(C)c1. The van der Waals surface area contributed by atoms with Crippen LogP contribution < -0.4 is 20.1 Å². The van der Waals surface area contributed by atoms with Crippen molar-refractivity contribution in [3.8, 4) is 11.5 Å². The minimum atomic E-state index is -0.574. The van der Waals surface area contributed by atoms with Crippen molar-refractivity contribution in [2.24, 2.45) is 0 Å². The maximum Gasteiger partial charge on any atom is 0.261 e. The smallest absolute Gasteiger partial charge is 0.261 e. The zero-order chi connectivity index (χ0) is 21.9. The molecule has 30 heavy (non-hydrogen) atoms. The van der Waals surface area contributed by atoms with E-state index in [0.29, 0.717) is 37.4 Å². The van der Waals surface area contributed by atoms with Crippen LogP contribution in [0.5, 0.6) is 11.5 Å². The van der Waals surface area contributed by atoms with Gasteiger partial charge in [0, 0.05) is 13.1 Å². The highest BCUT2D eigenvalue weighted by Gasteiger charge is 2.20. The summed E-state index contributed by atoms with van der Waals surface area (Å²) >= 11 is 0. The van der Waals surface area contributed by atoms with Gasteiger partial charge in [0.15, 0.2) is 12.2 Å². The van der Waals surface area contributed by atoms with Crippen LogP contribution in [-0.4, -0.2) is 37.1 Å². The van der Waals surface area contributed by atoms with Crippen molar-refractivity contribution in [3.63, 3.8) is 0 Å². The first-order chi connectivity index (χ1) is 14.4. The monoisotopic (exact) mass is 412 g/mol. The number of carbonyl (C=O) groups is 2. The number of hydrogen-bond acceptors (Lipinski definition) is 4. The van der Waals surface area contributed by atoms with Crippen LogP contribution in [0.2, 0.25) is 0 Å². The van der Waals surface area contributed by atoms with E-state index >= 15 is 0 Å². The number of nitrogens with one attached hydrogen (secondary N) is 2. The van der Waals surface area contributed by atoms with Crippen molar-refractivity contribution >= 4 is 11.8 Å². The van der Waals surface area contributed by atoms with E-state index < -0.39 is 12.2 Å². The Hall–Kier alpha value is -3.02. The molecule has 2 amide bonds. The highest BCUT2D eigenvalue weighted by Crippen LogP contribution is 2.16. The summed E-state index contributed by atoms with van der Waals surface area (Å²) in [7, 11) is 0. The lowest BCUT2D eigenvalue weighted by molar-refractivity contribution is -0.129. The average molecular weight is 413 g/mol. The second-order valence-electron chi connectivity index (χ2n) is 7.24. The molecule has 2 N–H and O–H groups in total. The molecule has 162 valence electrons. The molecular weight excluding hydrogens is 380 g/mol. The third-order valence-electron chi connectivity index (χ3n) is 4.59. The fraction of sp³-hybridized carbons (Fsp3) is 0.417. The molecule has 0 bridgehead atoms. The van der Waals surface area contributed by atoms with Gasteiger partial charge in [-0.15, -0.1) is 0 Å². The van der Waals surface area contributed by atoms with Gasteiger partial charge in [-0.05, 0) is 62.1 Å². The Morgan fingerprint density at radius 3 is 1.50 bits per heavy atom. The van der Waals surface area contributed by atoms with Crippen molar-refractivity contribution < 1.29 is 19.1 Å². The van der Waals surface area contributed by atoms with E-state index in [1.54, 1.807) is 0 Å². The summed E-state index contributed by atoms with van der Waals surface area (Å²) in [6.07, 6.45) is -0.0472. The zero-order valence-corrected chi connectivity index (χ0v) is 18.2. The molecule has 0 spiro atoms. The van der Waals surface area contributed by atoms with Crippen molar-refractivity contribution in [1.82, 2.24) is 10.6 Å². The van der Waals surface area contributed by atoms with E-state index in [1.807, 2.05) is 76.2 Å². The number of amides is 2. The van der Waals surface area contributed by atoms with Gasteiger partial charge in [0.25, 0.3) is 11.8 Å². The maximum atomic E-state index is 12.4. The molecular formula is C24H32N2O4. The number of carbonyl (C=O) groups excluding carboxylic acids is 2. The molecule has 0 aromatic heterocycles. The maximum absolute atomic E-state index is 12.4. The highest BCUT2D eigenvalue weighted by molar-refractivity contribution is 5.82. The van der Waals surface area contributed by atoms with Gasteiger partial charge >= 0.3 is 0 Å². The number of ether oxygens (including phenoxy) is 2. The van der Waals surface area contributed by atoms with Gasteiger partial charge in [0.1, 0.15) is 11.5 Å². The first-order valence-corrected chi connectivity index (χ1v) is 10.4. The Morgan fingerprint density at radius 2 is 1.17 bits per heavy atom. The second-order valence-corrected chi connectivity index (χ2v) is 7.24. The Labute approximate surface area is 179 Å². The van der Waals surface area contributed by atoms with Crippen molar-refractivity contribution in [2.75, 3.05) is 13.1 Å². The standard InChI is InChI=1S/C24H32N2O4/c1-5-21(29-19-11-7-9-17(3)15-19)23(27)25-13-14-26-24(28)22(6-2)30-20-12-8-10-18(4)16-20/h7-12,15-16,21-22H,5-6,13-14H2,1-4H3,(H,25,27)(H,26,28). The molecule has 0 saturated carbocycles. The first kappa shape index (κ1) is 23.3. The minimum absolute atomic E-state index is 0.198. The van der Waals surface area contributed by atoms with Crippen LogP contribution in [0.1, 0.15) is 37.8 Å². The normalized spacial score (nSPS) is 12.5. The molecule has 2 rings (SSSR count). The fourth-order valence-corrected chi connectivity index (χ4v) is 2.95. The van der Waals surface area contributed by atoms with E-state index in [9.17, 15) is 9.59 Å². The largest absolute Gasteiger partial charge is 0.481 e. The van der Waals surface area contributed by atoms with Gasteiger partial charge in [-0.2, -0.15) is 0 Å². The third kappa shape index (κ3) is 7.43. The summed E-state index contributed by atoms with van der Waals surface area (Å²) in [5, 5.41) is 5.64. The van der Waals surface area contributed by atoms with Gasteiger partial charge in [-0.25, -0.2) is 0 Å². The van der Waals surface area contributed by atoms with Crippen LogP contribution in [0.25, 0.3) is 0 Å².